The van der Waals surface area contributed by atoms with Gasteiger partial charge in [-0.2, -0.15) is 0 Å². The molecular weight excluding hydrogens is 164 g/mol. The highest BCUT2D eigenvalue weighted by atomic mass is 16.3. The Bertz CT molecular complexity index is 264. The van der Waals surface area contributed by atoms with Crippen LogP contribution in [0.5, 0.6) is 0 Å². The van der Waals surface area contributed by atoms with E-state index in [9.17, 15) is 5.11 Å². The highest BCUT2D eigenvalue weighted by Gasteiger charge is 2.12. The number of hydrogen-bond acceptors (Lipinski definition) is 2. The molecular formula is C10H18N2O. The normalized spacial score (nSPS) is 11.8. The van der Waals surface area contributed by atoms with Crippen molar-refractivity contribution in [2.75, 3.05) is 12.0 Å². The molecule has 0 atom stereocenters. The summed E-state index contributed by atoms with van der Waals surface area (Å²) < 4.78 is 1.98. The largest absolute Gasteiger partial charge is 0.389 e. The molecule has 3 heteroatoms. The fraction of sp³-hybridized carbons (Fsp3) is 0.600. The van der Waals surface area contributed by atoms with E-state index < -0.39 is 5.60 Å². The topological polar surface area (TPSA) is 37.2 Å². The summed E-state index contributed by atoms with van der Waals surface area (Å²) in [5.41, 5.74) is 4.80. The summed E-state index contributed by atoms with van der Waals surface area (Å²) in [5.74, 6) is 0. The van der Waals surface area contributed by atoms with E-state index in [1.807, 2.05) is 30.7 Å². The van der Waals surface area contributed by atoms with E-state index >= 15 is 0 Å². The van der Waals surface area contributed by atoms with E-state index in [0.717, 1.165) is 11.4 Å². The molecule has 0 saturated heterocycles. The third-order valence-corrected chi connectivity index (χ3v) is 1.94. The number of nitrogens with one attached hydrogen (secondary N) is 1. The highest BCUT2D eigenvalue weighted by molar-refractivity contribution is 5.15. The van der Waals surface area contributed by atoms with Crippen LogP contribution in [0.25, 0.3) is 0 Å². The smallest absolute Gasteiger partial charge is 0.0779 e. The molecule has 3 nitrogen and oxygen atoms in total. The molecule has 0 amide bonds. The van der Waals surface area contributed by atoms with Gasteiger partial charge in [-0.25, -0.2) is 0 Å². The lowest BCUT2D eigenvalue weighted by Gasteiger charge is -2.21. The van der Waals surface area contributed by atoms with Gasteiger partial charge in [-0.3, -0.25) is 4.68 Å². The summed E-state index contributed by atoms with van der Waals surface area (Å²) in [6.07, 6.45) is 0. The first-order chi connectivity index (χ1) is 5.90. The van der Waals surface area contributed by atoms with Crippen LogP contribution in [0.1, 0.15) is 25.2 Å². The van der Waals surface area contributed by atoms with Gasteiger partial charge in [0.25, 0.3) is 0 Å². The van der Waals surface area contributed by atoms with Gasteiger partial charge in [0.15, 0.2) is 0 Å². The fourth-order valence-corrected chi connectivity index (χ4v) is 1.19. The monoisotopic (exact) mass is 182 g/mol. The Labute approximate surface area is 79.4 Å². The third kappa shape index (κ3) is 2.77. The predicted octanol–water partition coefficient (Wildman–Crippen LogP) is 1.42. The van der Waals surface area contributed by atoms with Gasteiger partial charge < -0.3 is 10.5 Å². The maximum absolute atomic E-state index is 9.52. The first-order valence-corrected chi connectivity index (χ1v) is 4.51. The maximum atomic E-state index is 9.52. The van der Waals surface area contributed by atoms with Crippen LogP contribution in [0, 0.1) is 13.8 Å². The molecule has 13 heavy (non-hydrogen) atoms. The van der Waals surface area contributed by atoms with Crippen LogP contribution in [0.4, 0.5) is 0 Å². The van der Waals surface area contributed by atoms with Gasteiger partial charge in [0.05, 0.1) is 12.1 Å². The van der Waals surface area contributed by atoms with Crippen LogP contribution >= 0.6 is 0 Å². The lowest BCUT2D eigenvalue weighted by atomic mass is 10.1. The molecule has 0 fully saturated rings. The van der Waals surface area contributed by atoms with Crippen LogP contribution in [-0.4, -0.2) is 21.9 Å². The summed E-state index contributed by atoms with van der Waals surface area (Å²) in [5, 5.41) is 9.52. The minimum absolute atomic E-state index is 0.545. The molecule has 1 aromatic heterocycles. The van der Waals surface area contributed by atoms with E-state index in [-0.39, 0.29) is 0 Å². The Morgan fingerprint density at radius 1 is 1.31 bits per heavy atom. The zero-order valence-electron chi connectivity index (χ0n) is 8.76. The Balaban J connectivity index is 2.64. The third-order valence-electron chi connectivity index (χ3n) is 1.94. The van der Waals surface area contributed by atoms with E-state index in [1.54, 1.807) is 13.8 Å². The molecule has 0 aliphatic heterocycles. The molecule has 0 unspecified atom stereocenters. The maximum Gasteiger partial charge on any atom is 0.0779 e. The van der Waals surface area contributed by atoms with Crippen LogP contribution in [0.3, 0.4) is 0 Å². The minimum atomic E-state index is -0.677. The number of aromatic nitrogens is 1. The molecule has 0 aromatic carbocycles. The predicted molar refractivity (Wildman–Crippen MR) is 54.4 cm³/mol. The van der Waals surface area contributed by atoms with Crippen molar-refractivity contribution in [2.24, 2.45) is 0 Å². The molecule has 1 heterocycles. The number of hydrogen-bond donors (Lipinski definition) is 2. The summed E-state index contributed by atoms with van der Waals surface area (Å²) in [4.78, 5) is 0. The first kappa shape index (κ1) is 10.1. The Morgan fingerprint density at radius 2 is 1.77 bits per heavy atom. The molecule has 0 radical (unpaired) electrons. The van der Waals surface area contributed by atoms with Crippen LogP contribution in [-0.2, 0) is 0 Å². The average molecular weight is 182 g/mol. The standard InChI is InChI=1S/C10H18N2O/c1-8-5-6-9(2)12(8)11-7-10(3,4)13/h5-6,11,13H,7H2,1-4H3. The van der Waals surface area contributed by atoms with Gasteiger partial charge in [-0.05, 0) is 39.8 Å². The second-order valence-electron chi connectivity index (χ2n) is 4.10. The molecule has 1 rings (SSSR count). The van der Waals surface area contributed by atoms with Gasteiger partial charge in [0.1, 0.15) is 0 Å². The van der Waals surface area contributed by atoms with Crippen molar-refractivity contribution in [1.29, 1.82) is 0 Å². The number of aliphatic hydroxyl groups is 1. The van der Waals surface area contributed by atoms with Gasteiger partial charge >= 0.3 is 0 Å². The molecule has 0 saturated carbocycles. The van der Waals surface area contributed by atoms with E-state index in [1.165, 1.54) is 0 Å². The van der Waals surface area contributed by atoms with Crippen LogP contribution in [0.2, 0.25) is 0 Å². The van der Waals surface area contributed by atoms with Crippen molar-refractivity contribution >= 4 is 0 Å². The van der Waals surface area contributed by atoms with Gasteiger partial charge in [0.2, 0.25) is 0 Å². The van der Waals surface area contributed by atoms with Crippen molar-refractivity contribution in [2.45, 2.75) is 33.3 Å². The summed E-state index contributed by atoms with van der Waals surface area (Å²) in [6.45, 7) is 8.18. The second-order valence-corrected chi connectivity index (χ2v) is 4.10. The van der Waals surface area contributed by atoms with E-state index in [2.05, 4.69) is 5.43 Å². The van der Waals surface area contributed by atoms with Crippen molar-refractivity contribution in [3.05, 3.63) is 23.5 Å². The van der Waals surface area contributed by atoms with E-state index in [0.29, 0.717) is 6.54 Å². The molecule has 2 N–H and O–H groups in total. The molecule has 0 bridgehead atoms. The summed E-state index contributed by atoms with van der Waals surface area (Å²) in [6, 6.07) is 4.10. The minimum Gasteiger partial charge on any atom is -0.389 e. The molecule has 74 valence electrons. The van der Waals surface area contributed by atoms with Crippen LogP contribution < -0.4 is 5.43 Å². The lowest BCUT2D eigenvalue weighted by molar-refractivity contribution is 0.0915. The van der Waals surface area contributed by atoms with Crippen molar-refractivity contribution in [1.82, 2.24) is 4.68 Å². The molecule has 0 spiro atoms. The second kappa shape index (κ2) is 3.42. The van der Waals surface area contributed by atoms with E-state index in [4.69, 9.17) is 0 Å². The average Bonchev–Trinajstić information content (AvgIpc) is 2.27. The highest BCUT2D eigenvalue weighted by Crippen LogP contribution is 2.06. The van der Waals surface area contributed by atoms with Crippen molar-refractivity contribution in [3.8, 4) is 0 Å². The molecule has 1 aromatic rings. The first-order valence-electron chi connectivity index (χ1n) is 4.51. The lowest BCUT2D eigenvalue weighted by Crippen LogP contribution is -2.34. The SMILES string of the molecule is Cc1ccc(C)n1NCC(C)(C)O. The van der Waals surface area contributed by atoms with Gasteiger partial charge in [0, 0.05) is 11.4 Å². The molecule has 0 aliphatic rings. The number of nitrogens with zero attached hydrogens (tertiary/aromatic N) is 1. The zero-order chi connectivity index (χ0) is 10.1. The fourth-order valence-electron chi connectivity index (χ4n) is 1.19. The number of rotatable bonds is 3. The summed E-state index contributed by atoms with van der Waals surface area (Å²) >= 11 is 0. The van der Waals surface area contributed by atoms with Gasteiger partial charge in [-0.15, -0.1) is 0 Å². The van der Waals surface area contributed by atoms with Gasteiger partial charge in [-0.1, -0.05) is 0 Å². The Hall–Kier alpha value is -0.960. The Morgan fingerprint density at radius 3 is 2.15 bits per heavy atom. The zero-order valence-corrected chi connectivity index (χ0v) is 8.76. The van der Waals surface area contributed by atoms with Crippen LogP contribution in [0.15, 0.2) is 12.1 Å². The molecule has 0 aliphatic carbocycles. The Kier molecular flexibility index (Phi) is 2.66. The summed E-state index contributed by atoms with van der Waals surface area (Å²) in [7, 11) is 0. The number of aryl methyl sites for hydroxylation is 2. The quantitative estimate of drug-likeness (QED) is 0.741. The van der Waals surface area contributed by atoms with Crippen molar-refractivity contribution < 1.29 is 5.11 Å². The van der Waals surface area contributed by atoms with Crippen molar-refractivity contribution in [3.63, 3.8) is 0 Å².